The molecule has 2 heterocycles. The Labute approximate surface area is 108 Å². The third-order valence-electron chi connectivity index (χ3n) is 3.12. The van der Waals surface area contributed by atoms with Crippen molar-refractivity contribution in [2.45, 2.75) is 32.2 Å². The van der Waals surface area contributed by atoms with Crippen molar-refractivity contribution >= 4 is 15.7 Å². The Hall–Kier alpha value is -1.14. The average Bonchev–Trinajstić information content (AvgIpc) is 2.32. The number of hydrogen-bond donors (Lipinski definition) is 2. The van der Waals surface area contributed by atoms with Gasteiger partial charge in [-0.15, -0.1) is 0 Å². The maximum atomic E-state index is 12.0. The fourth-order valence-corrected chi connectivity index (χ4v) is 3.59. The minimum absolute atomic E-state index is 0.0680. The van der Waals surface area contributed by atoms with E-state index in [-0.39, 0.29) is 11.8 Å². The van der Waals surface area contributed by atoms with E-state index < -0.39 is 10.0 Å². The monoisotopic (exact) mass is 269 g/mol. The Morgan fingerprint density at radius 2 is 2.33 bits per heavy atom. The molecule has 1 atom stereocenters. The summed E-state index contributed by atoms with van der Waals surface area (Å²) < 4.78 is 26.7. The lowest BCUT2D eigenvalue weighted by Crippen LogP contribution is -2.40. The number of aromatic nitrogens is 1. The molecule has 2 rings (SSSR count). The van der Waals surface area contributed by atoms with Crippen molar-refractivity contribution in [3.8, 4) is 0 Å². The summed E-state index contributed by atoms with van der Waals surface area (Å²) in [5.74, 6) is 0.134. The number of pyridine rings is 1. The third kappa shape index (κ3) is 3.68. The minimum Gasteiger partial charge on any atom is -0.313 e. The lowest BCUT2D eigenvalue weighted by atomic mass is 10.1. The molecule has 0 radical (unpaired) electrons. The molecule has 18 heavy (non-hydrogen) atoms. The maximum Gasteiger partial charge on any atom is 0.234 e. The lowest BCUT2D eigenvalue weighted by molar-refractivity contribution is 0.424. The molecule has 1 saturated heterocycles. The standard InChI is InChI=1S/C12H19N3O2S/c1-10-8-13-7-5-12(10)15-18(16,17)9-11-4-2-3-6-14-11/h5,7-8,11,14H,2-4,6,9H2,1H3,(H,13,15). The largest absolute Gasteiger partial charge is 0.313 e. The molecule has 0 aliphatic carbocycles. The molecule has 0 amide bonds. The van der Waals surface area contributed by atoms with Crippen LogP contribution in [0.4, 0.5) is 5.69 Å². The second kappa shape index (κ2) is 5.67. The van der Waals surface area contributed by atoms with Crippen LogP contribution in [0.5, 0.6) is 0 Å². The Bertz CT molecular complexity index is 496. The smallest absolute Gasteiger partial charge is 0.234 e. The van der Waals surface area contributed by atoms with Gasteiger partial charge >= 0.3 is 0 Å². The fraction of sp³-hybridized carbons (Fsp3) is 0.583. The summed E-state index contributed by atoms with van der Waals surface area (Å²) in [4.78, 5) is 3.94. The first-order chi connectivity index (χ1) is 8.57. The molecular formula is C12H19N3O2S. The van der Waals surface area contributed by atoms with Gasteiger partial charge in [-0.1, -0.05) is 6.42 Å². The van der Waals surface area contributed by atoms with Crippen molar-refractivity contribution in [1.29, 1.82) is 0 Å². The molecule has 0 aromatic carbocycles. The van der Waals surface area contributed by atoms with Crippen LogP contribution < -0.4 is 10.0 Å². The molecule has 0 bridgehead atoms. The van der Waals surface area contributed by atoms with E-state index in [1.807, 2.05) is 6.92 Å². The third-order valence-corrected chi connectivity index (χ3v) is 4.49. The van der Waals surface area contributed by atoms with Gasteiger partial charge in [0.15, 0.2) is 0 Å². The second-order valence-electron chi connectivity index (χ2n) is 4.72. The molecule has 2 N–H and O–H groups in total. The van der Waals surface area contributed by atoms with Gasteiger partial charge in [-0.2, -0.15) is 0 Å². The van der Waals surface area contributed by atoms with Gasteiger partial charge in [-0.05, 0) is 37.9 Å². The van der Waals surface area contributed by atoms with Crippen LogP contribution in [0.25, 0.3) is 0 Å². The predicted molar refractivity (Wildman–Crippen MR) is 72.0 cm³/mol. The summed E-state index contributed by atoms with van der Waals surface area (Å²) in [6.45, 7) is 2.75. The zero-order valence-corrected chi connectivity index (χ0v) is 11.3. The topological polar surface area (TPSA) is 71.1 Å². The van der Waals surface area contributed by atoms with Gasteiger partial charge in [0.2, 0.25) is 10.0 Å². The van der Waals surface area contributed by atoms with Gasteiger partial charge in [-0.3, -0.25) is 9.71 Å². The Morgan fingerprint density at radius 3 is 3.00 bits per heavy atom. The number of nitrogens with one attached hydrogen (secondary N) is 2. The van der Waals surface area contributed by atoms with Crippen LogP contribution in [0.3, 0.4) is 0 Å². The van der Waals surface area contributed by atoms with Gasteiger partial charge in [0.25, 0.3) is 0 Å². The first-order valence-corrected chi connectivity index (χ1v) is 7.86. The molecule has 1 aromatic rings. The van der Waals surface area contributed by atoms with Crippen molar-refractivity contribution in [3.05, 3.63) is 24.0 Å². The van der Waals surface area contributed by atoms with E-state index in [1.54, 1.807) is 18.5 Å². The maximum absolute atomic E-state index is 12.0. The Morgan fingerprint density at radius 1 is 1.50 bits per heavy atom. The summed E-state index contributed by atoms with van der Waals surface area (Å²) in [5, 5.41) is 3.24. The average molecular weight is 269 g/mol. The molecule has 1 aliphatic heterocycles. The Kier molecular flexibility index (Phi) is 4.19. The molecule has 1 unspecified atom stereocenters. The molecule has 1 fully saturated rings. The first-order valence-electron chi connectivity index (χ1n) is 6.21. The number of nitrogens with zero attached hydrogens (tertiary/aromatic N) is 1. The highest BCUT2D eigenvalue weighted by molar-refractivity contribution is 7.92. The predicted octanol–water partition coefficient (Wildman–Crippen LogP) is 1.27. The normalized spacial score (nSPS) is 20.6. The highest BCUT2D eigenvalue weighted by atomic mass is 32.2. The van der Waals surface area contributed by atoms with E-state index >= 15 is 0 Å². The second-order valence-corrected chi connectivity index (χ2v) is 6.49. The summed E-state index contributed by atoms with van der Waals surface area (Å²) >= 11 is 0. The molecule has 5 nitrogen and oxygen atoms in total. The van der Waals surface area contributed by atoms with E-state index in [1.165, 1.54) is 0 Å². The van der Waals surface area contributed by atoms with Crippen LogP contribution in [0.1, 0.15) is 24.8 Å². The van der Waals surface area contributed by atoms with Gasteiger partial charge in [0.05, 0.1) is 11.4 Å². The number of aryl methyl sites for hydroxylation is 1. The van der Waals surface area contributed by atoms with Crippen LogP contribution in [0, 0.1) is 6.92 Å². The van der Waals surface area contributed by atoms with E-state index in [2.05, 4.69) is 15.0 Å². The van der Waals surface area contributed by atoms with Crippen LogP contribution in [0.15, 0.2) is 18.5 Å². The fourth-order valence-electron chi connectivity index (χ4n) is 2.13. The summed E-state index contributed by atoms with van der Waals surface area (Å²) in [7, 11) is -3.30. The van der Waals surface area contributed by atoms with Crippen LogP contribution >= 0.6 is 0 Å². The molecule has 0 saturated carbocycles. The van der Waals surface area contributed by atoms with Gasteiger partial charge in [-0.25, -0.2) is 8.42 Å². The number of hydrogen-bond acceptors (Lipinski definition) is 4. The zero-order valence-electron chi connectivity index (χ0n) is 10.5. The molecule has 1 aliphatic rings. The van der Waals surface area contributed by atoms with E-state index in [0.717, 1.165) is 31.4 Å². The number of anilines is 1. The van der Waals surface area contributed by atoms with Crippen molar-refractivity contribution in [3.63, 3.8) is 0 Å². The van der Waals surface area contributed by atoms with Crippen molar-refractivity contribution < 1.29 is 8.42 Å². The highest BCUT2D eigenvalue weighted by Crippen LogP contribution is 2.15. The summed E-state index contributed by atoms with van der Waals surface area (Å²) in [5.41, 5.74) is 1.44. The highest BCUT2D eigenvalue weighted by Gasteiger charge is 2.21. The van der Waals surface area contributed by atoms with Gasteiger partial charge < -0.3 is 5.32 Å². The number of sulfonamides is 1. The number of rotatable bonds is 4. The van der Waals surface area contributed by atoms with Crippen molar-refractivity contribution in [1.82, 2.24) is 10.3 Å². The van der Waals surface area contributed by atoms with E-state index in [0.29, 0.717) is 5.69 Å². The zero-order chi connectivity index (χ0) is 13.0. The van der Waals surface area contributed by atoms with E-state index in [4.69, 9.17) is 0 Å². The SMILES string of the molecule is Cc1cnccc1NS(=O)(=O)CC1CCCCN1. The number of piperidine rings is 1. The minimum atomic E-state index is -3.30. The van der Waals surface area contributed by atoms with Crippen LogP contribution in [-0.2, 0) is 10.0 Å². The van der Waals surface area contributed by atoms with Crippen molar-refractivity contribution in [2.75, 3.05) is 17.0 Å². The van der Waals surface area contributed by atoms with Crippen LogP contribution in [-0.4, -0.2) is 31.7 Å². The molecule has 0 spiro atoms. The first kappa shape index (κ1) is 13.3. The summed E-state index contributed by atoms with van der Waals surface area (Å²) in [6, 6.07) is 1.75. The lowest BCUT2D eigenvalue weighted by Gasteiger charge is -2.23. The molecule has 100 valence electrons. The van der Waals surface area contributed by atoms with Crippen molar-refractivity contribution in [2.24, 2.45) is 0 Å². The molecule has 1 aromatic heterocycles. The van der Waals surface area contributed by atoms with Crippen LogP contribution in [0.2, 0.25) is 0 Å². The van der Waals surface area contributed by atoms with Gasteiger partial charge in [0, 0.05) is 18.4 Å². The Balaban J connectivity index is 2.01. The van der Waals surface area contributed by atoms with Gasteiger partial charge in [0.1, 0.15) is 0 Å². The molecular weight excluding hydrogens is 250 g/mol. The van der Waals surface area contributed by atoms with E-state index in [9.17, 15) is 8.42 Å². The molecule has 6 heteroatoms. The summed E-state index contributed by atoms with van der Waals surface area (Å²) in [6.07, 6.45) is 6.39. The quantitative estimate of drug-likeness (QED) is 0.863.